The van der Waals surface area contributed by atoms with Crippen molar-refractivity contribution in [1.29, 1.82) is 0 Å². The van der Waals surface area contributed by atoms with Crippen LogP contribution in [0.3, 0.4) is 0 Å². The molecule has 0 atom stereocenters. The Morgan fingerprint density at radius 2 is 1.66 bits per heavy atom. The molecule has 0 saturated carbocycles. The summed E-state index contributed by atoms with van der Waals surface area (Å²) in [6, 6.07) is 19.0. The van der Waals surface area contributed by atoms with Crippen molar-refractivity contribution in [3.8, 4) is 5.75 Å². The molecular weight excluding hydrogens is 366 g/mol. The normalized spacial score (nSPS) is 13.8. The van der Waals surface area contributed by atoms with Crippen molar-refractivity contribution >= 4 is 23.2 Å². The van der Waals surface area contributed by atoms with Crippen LogP contribution in [-0.4, -0.2) is 48.7 Å². The van der Waals surface area contributed by atoms with Gasteiger partial charge >= 0.3 is 0 Å². The molecule has 0 bridgehead atoms. The number of carbonyl (C=O) groups is 1. The van der Waals surface area contributed by atoms with Gasteiger partial charge in [-0.05, 0) is 36.4 Å². The topological polar surface area (TPSA) is 70.6 Å². The van der Waals surface area contributed by atoms with Gasteiger partial charge in [-0.1, -0.05) is 24.3 Å². The fraction of sp³-hybridized carbons (Fsp3) is 0.227. The third-order valence-electron chi connectivity index (χ3n) is 4.75. The number of aromatic nitrogens is 2. The first-order valence-corrected chi connectivity index (χ1v) is 9.62. The Hall–Kier alpha value is -3.61. The summed E-state index contributed by atoms with van der Waals surface area (Å²) in [5.74, 6) is 1.96. The van der Waals surface area contributed by atoms with Crippen LogP contribution in [0.25, 0.3) is 0 Å². The molecule has 4 rings (SSSR count). The van der Waals surface area contributed by atoms with Crippen LogP contribution in [0, 0.1) is 0 Å². The zero-order chi connectivity index (χ0) is 19.9. The van der Waals surface area contributed by atoms with E-state index in [1.54, 1.807) is 6.20 Å². The number of rotatable bonds is 6. The second-order valence-corrected chi connectivity index (χ2v) is 6.71. The molecule has 7 heteroatoms. The van der Waals surface area contributed by atoms with Crippen molar-refractivity contribution in [1.82, 2.24) is 9.97 Å². The lowest BCUT2D eigenvalue weighted by Crippen LogP contribution is -2.46. The van der Waals surface area contributed by atoms with Crippen molar-refractivity contribution in [2.45, 2.75) is 0 Å². The number of nitrogens with zero attached hydrogens (tertiary/aromatic N) is 4. The quantitative estimate of drug-likeness (QED) is 0.699. The lowest BCUT2D eigenvalue weighted by atomic mass is 10.2. The Balaban J connectivity index is 1.26. The number of hydrogen-bond acceptors (Lipinski definition) is 6. The van der Waals surface area contributed by atoms with Gasteiger partial charge in [-0.2, -0.15) is 0 Å². The SMILES string of the molecule is O=C(COc1ccccc1)Nc1ccc(N2CCN(c3ccccn3)CC2)cn1. The molecule has 0 aliphatic carbocycles. The zero-order valence-electron chi connectivity index (χ0n) is 16.1. The van der Waals surface area contributed by atoms with Gasteiger partial charge in [0.25, 0.3) is 5.91 Å². The number of benzene rings is 1. The Bertz CT molecular complexity index is 911. The molecule has 0 unspecified atom stereocenters. The van der Waals surface area contributed by atoms with Gasteiger partial charge in [0.15, 0.2) is 6.61 Å². The van der Waals surface area contributed by atoms with Crippen LogP contribution in [0.4, 0.5) is 17.3 Å². The molecule has 0 spiro atoms. The Morgan fingerprint density at radius 3 is 2.34 bits per heavy atom. The van der Waals surface area contributed by atoms with Gasteiger partial charge in [-0.15, -0.1) is 0 Å². The molecule has 1 aliphatic heterocycles. The van der Waals surface area contributed by atoms with Crippen molar-refractivity contribution in [2.75, 3.05) is 47.9 Å². The van der Waals surface area contributed by atoms with Crippen LogP contribution in [-0.2, 0) is 4.79 Å². The Labute approximate surface area is 170 Å². The van der Waals surface area contributed by atoms with E-state index in [9.17, 15) is 4.79 Å². The van der Waals surface area contributed by atoms with Gasteiger partial charge in [-0.25, -0.2) is 9.97 Å². The number of ether oxygens (including phenoxy) is 1. The minimum atomic E-state index is -0.238. The largest absolute Gasteiger partial charge is 0.484 e. The minimum absolute atomic E-state index is 0.0527. The number of anilines is 3. The lowest BCUT2D eigenvalue weighted by molar-refractivity contribution is -0.118. The summed E-state index contributed by atoms with van der Waals surface area (Å²) in [6.45, 7) is 3.56. The van der Waals surface area contributed by atoms with Crippen LogP contribution in [0.15, 0.2) is 73.1 Å². The van der Waals surface area contributed by atoms with E-state index in [1.165, 1.54) is 0 Å². The maximum atomic E-state index is 12.0. The van der Waals surface area contributed by atoms with E-state index in [1.807, 2.05) is 66.9 Å². The lowest BCUT2D eigenvalue weighted by Gasteiger charge is -2.36. The number of amides is 1. The number of nitrogens with one attached hydrogen (secondary N) is 1. The first kappa shape index (κ1) is 18.7. The van der Waals surface area contributed by atoms with E-state index in [0.717, 1.165) is 37.7 Å². The van der Waals surface area contributed by atoms with Crippen molar-refractivity contribution in [3.05, 3.63) is 73.1 Å². The molecular formula is C22H23N5O2. The van der Waals surface area contributed by atoms with Gasteiger partial charge < -0.3 is 19.9 Å². The predicted octanol–water partition coefficient (Wildman–Crippen LogP) is 2.82. The number of carbonyl (C=O) groups excluding carboxylic acids is 1. The second-order valence-electron chi connectivity index (χ2n) is 6.71. The molecule has 29 heavy (non-hydrogen) atoms. The molecule has 0 radical (unpaired) electrons. The van der Waals surface area contributed by atoms with E-state index in [2.05, 4.69) is 25.1 Å². The van der Waals surface area contributed by atoms with Gasteiger partial charge in [-0.3, -0.25) is 4.79 Å². The van der Waals surface area contributed by atoms with Crippen molar-refractivity contribution in [3.63, 3.8) is 0 Å². The first-order chi connectivity index (χ1) is 14.3. The van der Waals surface area contributed by atoms with Crippen molar-refractivity contribution < 1.29 is 9.53 Å². The summed E-state index contributed by atoms with van der Waals surface area (Å²) in [5, 5.41) is 2.76. The van der Waals surface area contributed by atoms with Crippen LogP contribution < -0.4 is 19.9 Å². The summed E-state index contributed by atoms with van der Waals surface area (Å²) in [4.78, 5) is 25.4. The average Bonchev–Trinajstić information content (AvgIpc) is 2.80. The highest BCUT2D eigenvalue weighted by Gasteiger charge is 2.18. The van der Waals surface area contributed by atoms with E-state index in [-0.39, 0.29) is 12.5 Å². The smallest absolute Gasteiger partial charge is 0.263 e. The fourth-order valence-corrected chi connectivity index (χ4v) is 3.23. The molecule has 1 aromatic carbocycles. The number of piperazine rings is 1. The van der Waals surface area contributed by atoms with Crippen LogP contribution in [0.5, 0.6) is 5.75 Å². The van der Waals surface area contributed by atoms with Crippen LogP contribution in [0.2, 0.25) is 0 Å². The first-order valence-electron chi connectivity index (χ1n) is 9.62. The second kappa shape index (κ2) is 9.05. The maximum absolute atomic E-state index is 12.0. The van der Waals surface area contributed by atoms with Crippen molar-refractivity contribution in [2.24, 2.45) is 0 Å². The van der Waals surface area contributed by atoms with Gasteiger partial charge in [0.1, 0.15) is 17.4 Å². The molecule has 2 aromatic heterocycles. The van der Waals surface area contributed by atoms with E-state index < -0.39 is 0 Å². The van der Waals surface area contributed by atoms with E-state index >= 15 is 0 Å². The summed E-state index contributed by atoms with van der Waals surface area (Å²) in [5.41, 5.74) is 1.05. The molecule has 3 aromatic rings. The van der Waals surface area contributed by atoms with E-state index in [0.29, 0.717) is 11.6 Å². The third-order valence-corrected chi connectivity index (χ3v) is 4.75. The third kappa shape index (κ3) is 5.01. The monoisotopic (exact) mass is 389 g/mol. The maximum Gasteiger partial charge on any atom is 0.263 e. The van der Waals surface area contributed by atoms with Gasteiger partial charge in [0.2, 0.25) is 0 Å². The molecule has 3 heterocycles. The van der Waals surface area contributed by atoms with Gasteiger partial charge in [0, 0.05) is 32.4 Å². The summed E-state index contributed by atoms with van der Waals surface area (Å²) < 4.78 is 5.45. The predicted molar refractivity (Wildman–Crippen MR) is 113 cm³/mol. The molecule has 1 fully saturated rings. The molecule has 148 valence electrons. The summed E-state index contributed by atoms with van der Waals surface area (Å²) >= 11 is 0. The molecule has 7 nitrogen and oxygen atoms in total. The Morgan fingerprint density at radius 1 is 0.897 bits per heavy atom. The minimum Gasteiger partial charge on any atom is -0.484 e. The number of pyridine rings is 2. The fourth-order valence-electron chi connectivity index (χ4n) is 3.23. The Kier molecular flexibility index (Phi) is 5.85. The van der Waals surface area contributed by atoms with Crippen LogP contribution in [0.1, 0.15) is 0 Å². The molecule has 1 N–H and O–H groups in total. The highest BCUT2D eigenvalue weighted by atomic mass is 16.5. The number of hydrogen-bond donors (Lipinski definition) is 1. The zero-order valence-corrected chi connectivity index (χ0v) is 16.1. The van der Waals surface area contributed by atoms with Crippen LogP contribution >= 0.6 is 0 Å². The molecule has 1 aliphatic rings. The summed E-state index contributed by atoms with van der Waals surface area (Å²) in [6.07, 6.45) is 3.62. The molecule has 1 amide bonds. The standard InChI is InChI=1S/C22H23N5O2/c28-22(17-29-19-6-2-1-3-7-19)25-20-10-9-18(16-24-20)26-12-14-27(15-13-26)21-8-4-5-11-23-21/h1-11,16H,12-15,17H2,(H,24,25,28). The molecule has 1 saturated heterocycles. The highest BCUT2D eigenvalue weighted by Crippen LogP contribution is 2.19. The van der Waals surface area contributed by atoms with Gasteiger partial charge in [0.05, 0.1) is 11.9 Å². The summed E-state index contributed by atoms with van der Waals surface area (Å²) in [7, 11) is 0. The highest BCUT2D eigenvalue weighted by molar-refractivity contribution is 5.91. The average molecular weight is 389 g/mol. The number of para-hydroxylation sites is 1. The van der Waals surface area contributed by atoms with E-state index in [4.69, 9.17) is 4.74 Å².